The zero-order chi connectivity index (χ0) is 11.6. The summed E-state index contributed by atoms with van der Waals surface area (Å²) in [5, 5.41) is 15.6. The van der Waals surface area contributed by atoms with Crippen molar-refractivity contribution in [1.29, 1.82) is 0 Å². The van der Waals surface area contributed by atoms with Gasteiger partial charge in [0.15, 0.2) is 0 Å². The quantitative estimate of drug-likeness (QED) is 0.697. The fourth-order valence-electron chi connectivity index (χ4n) is 1.61. The predicted molar refractivity (Wildman–Crippen MR) is 63.6 cm³/mol. The number of nitrogens with one attached hydrogen (secondary N) is 2. The highest BCUT2D eigenvalue weighted by molar-refractivity contribution is 5.45. The van der Waals surface area contributed by atoms with Crippen LogP contribution in [0, 0.1) is 6.92 Å². The normalized spacial score (nSPS) is 16.9. The van der Waals surface area contributed by atoms with Crippen molar-refractivity contribution in [3.63, 3.8) is 0 Å². The van der Waals surface area contributed by atoms with Crippen LogP contribution in [0.2, 0.25) is 0 Å². The molecule has 0 amide bonds. The van der Waals surface area contributed by atoms with Crippen molar-refractivity contribution in [2.75, 3.05) is 23.8 Å². The second kappa shape index (κ2) is 4.25. The van der Waals surface area contributed by atoms with E-state index in [1.165, 1.54) is 0 Å². The molecule has 5 heteroatoms. The summed E-state index contributed by atoms with van der Waals surface area (Å²) in [7, 11) is 0. The Morgan fingerprint density at radius 1 is 1.44 bits per heavy atom. The Balaban J connectivity index is 2.14. The molecule has 5 nitrogen and oxygen atoms in total. The van der Waals surface area contributed by atoms with Gasteiger partial charge in [0.1, 0.15) is 5.82 Å². The van der Waals surface area contributed by atoms with Crippen LogP contribution in [0.15, 0.2) is 6.07 Å². The van der Waals surface area contributed by atoms with Crippen LogP contribution in [0.3, 0.4) is 0 Å². The smallest absolute Gasteiger partial charge is 0.224 e. The van der Waals surface area contributed by atoms with Gasteiger partial charge in [-0.15, -0.1) is 0 Å². The third kappa shape index (κ3) is 2.41. The summed E-state index contributed by atoms with van der Waals surface area (Å²) in [4.78, 5) is 8.63. The van der Waals surface area contributed by atoms with Crippen LogP contribution in [0.5, 0.6) is 0 Å². The van der Waals surface area contributed by atoms with E-state index in [-0.39, 0.29) is 12.1 Å². The third-order valence-electron chi connectivity index (χ3n) is 2.74. The Hall–Kier alpha value is -1.36. The van der Waals surface area contributed by atoms with Crippen LogP contribution in [0.1, 0.15) is 25.5 Å². The van der Waals surface area contributed by atoms with Crippen molar-refractivity contribution in [3.8, 4) is 0 Å². The highest BCUT2D eigenvalue weighted by Crippen LogP contribution is 2.37. The summed E-state index contributed by atoms with van der Waals surface area (Å²) >= 11 is 0. The Kier molecular flexibility index (Phi) is 2.96. The highest BCUT2D eigenvalue weighted by atomic mass is 16.3. The minimum atomic E-state index is -0.135. The molecule has 1 saturated carbocycles. The third-order valence-corrected chi connectivity index (χ3v) is 2.74. The first kappa shape index (κ1) is 11.1. The zero-order valence-electron chi connectivity index (χ0n) is 9.75. The van der Waals surface area contributed by atoms with Crippen LogP contribution in [-0.2, 0) is 0 Å². The number of aliphatic hydroxyl groups excluding tert-OH is 1. The van der Waals surface area contributed by atoms with E-state index in [1.54, 1.807) is 0 Å². The van der Waals surface area contributed by atoms with E-state index in [2.05, 4.69) is 20.6 Å². The lowest BCUT2D eigenvalue weighted by molar-refractivity contribution is 0.266. The Labute approximate surface area is 95.3 Å². The fraction of sp³-hybridized carbons (Fsp3) is 0.636. The van der Waals surface area contributed by atoms with Gasteiger partial charge in [0, 0.05) is 18.3 Å². The van der Waals surface area contributed by atoms with E-state index < -0.39 is 0 Å². The van der Waals surface area contributed by atoms with Gasteiger partial charge < -0.3 is 15.7 Å². The zero-order valence-corrected chi connectivity index (χ0v) is 9.75. The molecule has 0 spiro atoms. The van der Waals surface area contributed by atoms with E-state index in [9.17, 15) is 5.11 Å². The van der Waals surface area contributed by atoms with E-state index in [0.29, 0.717) is 5.95 Å². The molecule has 0 aromatic carbocycles. The number of rotatable bonds is 5. The van der Waals surface area contributed by atoms with E-state index in [0.717, 1.165) is 30.9 Å². The SMILES string of the molecule is CCNc1nc(C)cc(NC2(CO)CC2)n1. The molecule has 88 valence electrons. The van der Waals surface area contributed by atoms with Crippen molar-refractivity contribution in [2.45, 2.75) is 32.2 Å². The minimum absolute atomic E-state index is 0.135. The highest BCUT2D eigenvalue weighted by Gasteiger charge is 2.42. The van der Waals surface area contributed by atoms with Gasteiger partial charge in [0.25, 0.3) is 0 Å². The minimum Gasteiger partial charge on any atom is -0.394 e. The molecule has 0 saturated heterocycles. The van der Waals surface area contributed by atoms with E-state index in [4.69, 9.17) is 0 Å². The fourth-order valence-corrected chi connectivity index (χ4v) is 1.61. The molecule has 1 aromatic heterocycles. The first-order chi connectivity index (χ1) is 7.67. The Morgan fingerprint density at radius 3 is 2.75 bits per heavy atom. The Morgan fingerprint density at radius 2 is 2.19 bits per heavy atom. The van der Waals surface area contributed by atoms with Gasteiger partial charge in [-0.1, -0.05) is 0 Å². The summed E-state index contributed by atoms with van der Waals surface area (Å²) in [6.45, 7) is 4.90. The van der Waals surface area contributed by atoms with Gasteiger partial charge in [0.2, 0.25) is 5.95 Å². The van der Waals surface area contributed by atoms with E-state index in [1.807, 2.05) is 19.9 Å². The van der Waals surface area contributed by atoms with Gasteiger partial charge >= 0.3 is 0 Å². The second-order valence-corrected chi connectivity index (χ2v) is 4.31. The molecule has 0 atom stereocenters. The van der Waals surface area contributed by atoms with Gasteiger partial charge in [-0.25, -0.2) is 4.98 Å². The van der Waals surface area contributed by atoms with E-state index >= 15 is 0 Å². The number of aliphatic hydroxyl groups is 1. The van der Waals surface area contributed by atoms with Crippen molar-refractivity contribution in [1.82, 2.24) is 9.97 Å². The number of nitrogens with zero attached hydrogens (tertiary/aromatic N) is 2. The van der Waals surface area contributed by atoms with Gasteiger partial charge in [-0.2, -0.15) is 4.98 Å². The number of hydrogen-bond donors (Lipinski definition) is 3. The molecule has 0 unspecified atom stereocenters. The first-order valence-corrected chi connectivity index (χ1v) is 5.66. The van der Waals surface area contributed by atoms with Crippen molar-refractivity contribution in [3.05, 3.63) is 11.8 Å². The molecule has 1 aromatic rings. The molecular formula is C11H18N4O. The lowest BCUT2D eigenvalue weighted by atomic mass is 10.3. The van der Waals surface area contributed by atoms with Gasteiger partial charge in [-0.3, -0.25) is 0 Å². The monoisotopic (exact) mass is 222 g/mol. The van der Waals surface area contributed by atoms with Gasteiger partial charge in [0.05, 0.1) is 12.1 Å². The van der Waals surface area contributed by atoms with Crippen LogP contribution in [-0.4, -0.2) is 33.8 Å². The van der Waals surface area contributed by atoms with Crippen LogP contribution in [0.25, 0.3) is 0 Å². The van der Waals surface area contributed by atoms with Gasteiger partial charge in [-0.05, 0) is 26.7 Å². The number of aromatic nitrogens is 2. The Bertz CT molecular complexity index is 376. The lowest BCUT2D eigenvalue weighted by Gasteiger charge is -2.16. The average Bonchev–Trinajstić information content (AvgIpc) is 2.98. The molecule has 16 heavy (non-hydrogen) atoms. The van der Waals surface area contributed by atoms with Crippen LogP contribution >= 0.6 is 0 Å². The predicted octanol–water partition coefficient (Wildman–Crippen LogP) is 1.15. The molecular weight excluding hydrogens is 204 g/mol. The van der Waals surface area contributed by atoms with Crippen molar-refractivity contribution >= 4 is 11.8 Å². The van der Waals surface area contributed by atoms with Crippen LogP contribution in [0.4, 0.5) is 11.8 Å². The lowest BCUT2D eigenvalue weighted by Crippen LogP contribution is -2.26. The maximum atomic E-state index is 9.24. The van der Waals surface area contributed by atoms with Crippen molar-refractivity contribution < 1.29 is 5.11 Å². The maximum Gasteiger partial charge on any atom is 0.224 e. The average molecular weight is 222 g/mol. The van der Waals surface area contributed by atoms with Crippen molar-refractivity contribution in [2.24, 2.45) is 0 Å². The number of anilines is 2. The second-order valence-electron chi connectivity index (χ2n) is 4.31. The summed E-state index contributed by atoms with van der Waals surface area (Å²) in [6.07, 6.45) is 2.01. The largest absolute Gasteiger partial charge is 0.394 e. The molecule has 1 heterocycles. The summed E-state index contributed by atoms with van der Waals surface area (Å²) in [5.74, 6) is 1.42. The molecule has 0 bridgehead atoms. The van der Waals surface area contributed by atoms with Crippen LogP contribution < -0.4 is 10.6 Å². The summed E-state index contributed by atoms with van der Waals surface area (Å²) < 4.78 is 0. The number of hydrogen-bond acceptors (Lipinski definition) is 5. The molecule has 0 radical (unpaired) electrons. The molecule has 1 fully saturated rings. The maximum absolute atomic E-state index is 9.24. The summed E-state index contributed by atoms with van der Waals surface area (Å²) in [6, 6.07) is 1.90. The molecule has 1 aliphatic rings. The standard InChI is InChI=1S/C11H18N4O/c1-3-12-10-13-8(2)6-9(14-10)15-11(7-16)4-5-11/h6,16H,3-5,7H2,1-2H3,(H2,12,13,14,15). The first-order valence-electron chi connectivity index (χ1n) is 5.66. The number of aryl methyl sites for hydroxylation is 1. The summed E-state index contributed by atoms with van der Waals surface area (Å²) in [5.41, 5.74) is 0.784. The molecule has 3 N–H and O–H groups in total. The molecule has 2 rings (SSSR count). The molecule has 0 aliphatic heterocycles. The topological polar surface area (TPSA) is 70.1 Å². The molecule has 1 aliphatic carbocycles.